The Morgan fingerprint density at radius 2 is 2.12 bits per heavy atom. The van der Waals surface area contributed by atoms with Gasteiger partial charge in [0.05, 0.1) is 17.7 Å². The number of thioether (sulfide) groups is 1. The molecular formula is C16H12ClFN6OS. The molecule has 1 amide bonds. The van der Waals surface area contributed by atoms with Gasteiger partial charge in [-0.25, -0.2) is 9.82 Å². The van der Waals surface area contributed by atoms with Crippen molar-refractivity contribution in [1.82, 2.24) is 25.6 Å². The van der Waals surface area contributed by atoms with Crippen LogP contribution in [0.2, 0.25) is 5.02 Å². The van der Waals surface area contributed by atoms with Gasteiger partial charge in [0, 0.05) is 5.02 Å². The molecule has 0 aliphatic heterocycles. The summed E-state index contributed by atoms with van der Waals surface area (Å²) in [5, 5.41) is 16.3. The summed E-state index contributed by atoms with van der Waals surface area (Å²) in [6.07, 6.45) is 1.36. The minimum atomic E-state index is -0.370. The Kier molecular flexibility index (Phi) is 5.92. The van der Waals surface area contributed by atoms with Crippen molar-refractivity contribution < 1.29 is 9.18 Å². The predicted octanol–water partition coefficient (Wildman–Crippen LogP) is 2.70. The van der Waals surface area contributed by atoms with E-state index >= 15 is 0 Å². The van der Waals surface area contributed by atoms with Crippen molar-refractivity contribution in [2.24, 2.45) is 5.10 Å². The third kappa shape index (κ3) is 4.87. The van der Waals surface area contributed by atoms with Gasteiger partial charge in [-0.1, -0.05) is 35.5 Å². The Morgan fingerprint density at radius 1 is 1.31 bits per heavy atom. The maximum absolute atomic E-state index is 13.0. The second-order valence-electron chi connectivity index (χ2n) is 4.99. The van der Waals surface area contributed by atoms with Gasteiger partial charge in [0.1, 0.15) is 5.82 Å². The zero-order valence-corrected chi connectivity index (χ0v) is 14.8. The summed E-state index contributed by atoms with van der Waals surface area (Å²) in [5.74, 6) is -0.646. The Morgan fingerprint density at radius 3 is 2.88 bits per heavy atom. The van der Waals surface area contributed by atoms with Gasteiger partial charge in [-0.15, -0.1) is 5.10 Å². The molecule has 10 heteroatoms. The first kappa shape index (κ1) is 18.0. The van der Waals surface area contributed by atoms with E-state index < -0.39 is 0 Å². The minimum absolute atomic E-state index is 0.0639. The Hall–Kier alpha value is -2.78. The van der Waals surface area contributed by atoms with Crippen molar-refractivity contribution in [3.63, 3.8) is 0 Å². The molecule has 1 N–H and O–H groups in total. The lowest BCUT2D eigenvalue weighted by atomic mass is 10.2. The largest absolute Gasteiger partial charge is 0.272 e. The molecule has 2 aromatic carbocycles. The highest BCUT2D eigenvalue weighted by molar-refractivity contribution is 7.99. The number of hydrazone groups is 1. The molecule has 0 radical (unpaired) electrons. The SMILES string of the molecule is O=C(CSc1nnnn1-c1ccc(Cl)cc1)N/N=C\c1cccc(F)c1. The van der Waals surface area contributed by atoms with Crippen molar-refractivity contribution >= 4 is 35.5 Å². The number of benzene rings is 2. The second-order valence-corrected chi connectivity index (χ2v) is 6.37. The van der Waals surface area contributed by atoms with Gasteiger partial charge in [0.25, 0.3) is 5.91 Å². The van der Waals surface area contributed by atoms with E-state index in [0.29, 0.717) is 15.7 Å². The molecule has 0 bridgehead atoms. The van der Waals surface area contributed by atoms with Crippen LogP contribution in [0.15, 0.2) is 58.8 Å². The van der Waals surface area contributed by atoms with Crippen LogP contribution in [-0.2, 0) is 4.79 Å². The Labute approximate surface area is 157 Å². The van der Waals surface area contributed by atoms with E-state index in [1.807, 2.05) is 0 Å². The lowest BCUT2D eigenvalue weighted by Crippen LogP contribution is -2.20. The molecular weight excluding hydrogens is 379 g/mol. The first-order valence-corrected chi connectivity index (χ1v) is 8.73. The van der Waals surface area contributed by atoms with E-state index in [-0.39, 0.29) is 17.5 Å². The van der Waals surface area contributed by atoms with Crippen LogP contribution in [0.4, 0.5) is 4.39 Å². The van der Waals surface area contributed by atoms with E-state index in [4.69, 9.17) is 11.6 Å². The number of aromatic nitrogens is 4. The molecule has 1 heterocycles. The highest BCUT2D eigenvalue weighted by Gasteiger charge is 2.11. The number of nitrogens with one attached hydrogen (secondary N) is 1. The molecule has 1 aromatic heterocycles. The zero-order valence-electron chi connectivity index (χ0n) is 13.2. The van der Waals surface area contributed by atoms with Crippen LogP contribution in [0.5, 0.6) is 0 Å². The number of amides is 1. The highest BCUT2D eigenvalue weighted by atomic mass is 35.5. The van der Waals surface area contributed by atoms with Gasteiger partial charge in [-0.2, -0.15) is 9.78 Å². The molecule has 26 heavy (non-hydrogen) atoms. The fourth-order valence-corrected chi connectivity index (χ4v) is 2.75. The number of hydrogen-bond donors (Lipinski definition) is 1. The molecule has 0 spiro atoms. The molecule has 0 unspecified atom stereocenters. The van der Waals surface area contributed by atoms with Crippen LogP contribution in [-0.4, -0.2) is 38.1 Å². The van der Waals surface area contributed by atoms with Crippen molar-refractivity contribution in [2.45, 2.75) is 5.16 Å². The summed E-state index contributed by atoms with van der Waals surface area (Å²) in [6.45, 7) is 0. The number of carbonyl (C=O) groups excluding carboxylic acids is 1. The third-order valence-electron chi connectivity index (χ3n) is 3.10. The van der Waals surface area contributed by atoms with Crippen LogP contribution >= 0.6 is 23.4 Å². The molecule has 0 aliphatic rings. The molecule has 3 aromatic rings. The molecule has 0 aliphatic carbocycles. The minimum Gasteiger partial charge on any atom is -0.272 e. The van der Waals surface area contributed by atoms with Crippen LogP contribution in [0.25, 0.3) is 5.69 Å². The first-order valence-electron chi connectivity index (χ1n) is 7.36. The van der Waals surface area contributed by atoms with Crippen molar-refractivity contribution in [3.8, 4) is 5.69 Å². The van der Waals surface area contributed by atoms with Crippen LogP contribution in [0, 0.1) is 5.82 Å². The number of rotatable bonds is 6. The lowest BCUT2D eigenvalue weighted by Gasteiger charge is -2.04. The number of hydrogen-bond acceptors (Lipinski definition) is 6. The molecule has 0 saturated heterocycles. The van der Waals surface area contributed by atoms with Crippen molar-refractivity contribution in [2.75, 3.05) is 5.75 Å². The fraction of sp³-hybridized carbons (Fsp3) is 0.0625. The van der Waals surface area contributed by atoms with E-state index in [0.717, 1.165) is 17.4 Å². The zero-order chi connectivity index (χ0) is 18.4. The molecule has 7 nitrogen and oxygen atoms in total. The van der Waals surface area contributed by atoms with Gasteiger partial charge in [-0.05, 0) is 52.4 Å². The standard InChI is InChI=1S/C16H12ClFN6OS/c17-12-4-6-14(7-5-12)24-16(21-22-23-24)26-10-15(25)20-19-9-11-2-1-3-13(18)8-11/h1-9H,10H2,(H,20,25)/b19-9-. The summed E-state index contributed by atoms with van der Waals surface area (Å²) in [6, 6.07) is 12.9. The van der Waals surface area contributed by atoms with Crippen LogP contribution in [0.1, 0.15) is 5.56 Å². The van der Waals surface area contributed by atoms with E-state index in [2.05, 4.69) is 26.1 Å². The maximum atomic E-state index is 13.0. The molecule has 0 fully saturated rings. The summed E-state index contributed by atoms with van der Waals surface area (Å²) in [4.78, 5) is 11.9. The van der Waals surface area contributed by atoms with Crippen LogP contribution < -0.4 is 5.43 Å². The summed E-state index contributed by atoms with van der Waals surface area (Å²) >= 11 is 7.02. The topological polar surface area (TPSA) is 85.1 Å². The van der Waals surface area contributed by atoms with E-state index in [1.54, 1.807) is 36.4 Å². The van der Waals surface area contributed by atoms with E-state index in [9.17, 15) is 9.18 Å². The Bertz CT molecular complexity index is 930. The van der Waals surface area contributed by atoms with Crippen molar-refractivity contribution in [3.05, 3.63) is 64.9 Å². The molecule has 0 saturated carbocycles. The maximum Gasteiger partial charge on any atom is 0.250 e. The smallest absolute Gasteiger partial charge is 0.250 e. The monoisotopic (exact) mass is 390 g/mol. The summed E-state index contributed by atoms with van der Waals surface area (Å²) < 4.78 is 14.6. The summed E-state index contributed by atoms with van der Waals surface area (Å²) in [7, 11) is 0. The first-order chi connectivity index (χ1) is 12.6. The normalized spacial score (nSPS) is 11.0. The number of halogens is 2. The second kappa shape index (κ2) is 8.54. The predicted molar refractivity (Wildman–Crippen MR) is 97.0 cm³/mol. The van der Waals surface area contributed by atoms with Gasteiger partial charge in [0.2, 0.25) is 5.16 Å². The van der Waals surface area contributed by atoms with Gasteiger partial charge in [0.15, 0.2) is 0 Å². The highest BCUT2D eigenvalue weighted by Crippen LogP contribution is 2.19. The fourth-order valence-electron chi connectivity index (χ4n) is 1.94. The third-order valence-corrected chi connectivity index (χ3v) is 4.27. The molecule has 132 valence electrons. The van der Waals surface area contributed by atoms with Gasteiger partial charge >= 0.3 is 0 Å². The molecule has 3 rings (SSSR count). The van der Waals surface area contributed by atoms with Gasteiger partial charge < -0.3 is 0 Å². The average molecular weight is 391 g/mol. The quantitative estimate of drug-likeness (QED) is 0.397. The average Bonchev–Trinajstić information content (AvgIpc) is 3.09. The van der Waals surface area contributed by atoms with E-state index in [1.165, 1.54) is 23.0 Å². The van der Waals surface area contributed by atoms with Gasteiger partial charge in [-0.3, -0.25) is 4.79 Å². The number of carbonyl (C=O) groups is 1. The summed E-state index contributed by atoms with van der Waals surface area (Å²) in [5.41, 5.74) is 3.65. The Balaban J connectivity index is 1.55. The number of nitrogens with zero attached hydrogens (tertiary/aromatic N) is 5. The lowest BCUT2D eigenvalue weighted by molar-refractivity contribution is -0.118. The van der Waals surface area contributed by atoms with Crippen LogP contribution in [0.3, 0.4) is 0 Å². The van der Waals surface area contributed by atoms with Crippen molar-refractivity contribution in [1.29, 1.82) is 0 Å². The molecule has 0 atom stereocenters. The number of tetrazole rings is 1.